The number of amides is 1. The largest absolute Gasteiger partial charge is 0.504 e. The fourth-order valence-corrected chi connectivity index (χ4v) is 3.02. The van der Waals surface area contributed by atoms with E-state index in [2.05, 4.69) is 15.6 Å². The van der Waals surface area contributed by atoms with E-state index in [9.17, 15) is 20.0 Å². The van der Waals surface area contributed by atoms with E-state index in [4.69, 9.17) is 4.74 Å². The normalized spacial score (nSPS) is 10.9. The lowest BCUT2D eigenvalue weighted by molar-refractivity contribution is -0.385. The number of hydrogen-bond donors (Lipinski definition) is 2. The minimum atomic E-state index is -0.619. The van der Waals surface area contributed by atoms with E-state index in [-0.39, 0.29) is 22.7 Å². The highest BCUT2D eigenvalue weighted by molar-refractivity contribution is 5.95. The Kier molecular flexibility index (Phi) is 6.29. The highest BCUT2D eigenvalue weighted by Crippen LogP contribution is 2.33. The van der Waals surface area contributed by atoms with Crippen LogP contribution >= 0.6 is 0 Å². The zero-order valence-electron chi connectivity index (χ0n) is 17.2. The van der Waals surface area contributed by atoms with Gasteiger partial charge >= 0.3 is 0 Å². The number of rotatable bonds is 7. The molecule has 1 heterocycles. The zero-order chi connectivity index (χ0) is 22.5. The van der Waals surface area contributed by atoms with Crippen LogP contribution in [0.1, 0.15) is 32.9 Å². The van der Waals surface area contributed by atoms with Gasteiger partial charge in [0.2, 0.25) is 0 Å². The molecule has 0 saturated heterocycles. The van der Waals surface area contributed by atoms with Crippen LogP contribution in [0.5, 0.6) is 11.5 Å². The Bertz CT molecular complexity index is 1170. The fourth-order valence-electron chi connectivity index (χ4n) is 3.02. The van der Waals surface area contributed by atoms with Crippen LogP contribution in [-0.2, 0) is 6.54 Å². The summed E-state index contributed by atoms with van der Waals surface area (Å²) in [7, 11) is 1.28. The maximum absolute atomic E-state index is 12.5. The predicted octanol–water partition coefficient (Wildman–Crippen LogP) is 2.93. The van der Waals surface area contributed by atoms with Crippen LogP contribution in [0, 0.1) is 24.0 Å². The van der Waals surface area contributed by atoms with Gasteiger partial charge in [0.15, 0.2) is 11.5 Å². The average molecular weight is 423 g/mol. The molecule has 0 aliphatic heterocycles. The summed E-state index contributed by atoms with van der Waals surface area (Å²) < 4.78 is 6.78. The maximum atomic E-state index is 12.5. The molecule has 0 radical (unpaired) electrons. The number of nitrogens with one attached hydrogen (secondary N) is 1. The number of methoxy groups -OCH3 is 1. The van der Waals surface area contributed by atoms with Gasteiger partial charge in [0, 0.05) is 22.9 Å². The number of phenolic OH excluding ortho intramolecular Hbond substituents is 1. The molecular weight excluding hydrogens is 402 g/mol. The number of hydrazone groups is 1. The summed E-state index contributed by atoms with van der Waals surface area (Å²) in [6, 6.07) is 11.2. The molecule has 0 aliphatic rings. The Morgan fingerprint density at radius 1 is 1.32 bits per heavy atom. The number of non-ortho nitro benzene ring substituents is 1. The molecule has 0 unspecified atom stereocenters. The third kappa shape index (κ3) is 5.04. The molecule has 2 N–H and O–H groups in total. The quantitative estimate of drug-likeness (QED) is 0.341. The topological polar surface area (TPSA) is 132 Å². The Morgan fingerprint density at radius 3 is 2.74 bits per heavy atom. The molecule has 10 heteroatoms. The van der Waals surface area contributed by atoms with Gasteiger partial charge in [0.25, 0.3) is 11.6 Å². The molecule has 2 aromatic carbocycles. The van der Waals surface area contributed by atoms with Crippen molar-refractivity contribution in [1.29, 1.82) is 0 Å². The Morgan fingerprint density at radius 2 is 2.10 bits per heavy atom. The Labute approximate surface area is 177 Å². The van der Waals surface area contributed by atoms with Gasteiger partial charge in [-0.05, 0) is 37.6 Å². The summed E-state index contributed by atoms with van der Waals surface area (Å²) in [4.78, 5) is 22.9. The molecule has 3 aromatic rings. The van der Waals surface area contributed by atoms with E-state index < -0.39 is 10.8 Å². The molecular formula is C21H21N5O5. The van der Waals surface area contributed by atoms with Crippen molar-refractivity contribution in [2.45, 2.75) is 20.4 Å². The average Bonchev–Trinajstić information content (AvgIpc) is 3.05. The van der Waals surface area contributed by atoms with Crippen molar-refractivity contribution in [1.82, 2.24) is 15.2 Å². The molecule has 31 heavy (non-hydrogen) atoms. The second kappa shape index (κ2) is 9.08. The molecule has 1 aromatic heterocycles. The van der Waals surface area contributed by atoms with Crippen molar-refractivity contribution >= 4 is 17.8 Å². The summed E-state index contributed by atoms with van der Waals surface area (Å²) in [6.45, 7) is 4.40. The SMILES string of the molecule is COc1cc([N+](=O)[O-])cc(/C=N\NC(=O)c2cccc(Cn3nc(C)cc3C)c2)c1O. The lowest BCUT2D eigenvalue weighted by Gasteiger charge is -2.07. The lowest BCUT2D eigenvalue weighted by Crippen LogP contribution is -2.18. The number of benzene rings is 2. The molecule has 0 bridgehead atoms. The molecule has 0 fully saturated rings. The number of phenols is 1. The van der Waals surface area contributed by atoms with Crippen LogP contribution in [0.4, 0.5) is 5.69 Å². The number of nitro benzene ring substituents is 1. The number of aromatic nitrogens is 2. The fraction of sp³-hybridized carbons (Fsp3) is 0.190. The molecule has 0 spiro atoms. The number of aromatic hydroxyl groups is 1. The van der Waals surface area contributed by atoms with Gasteiger partial charge in [-0.25, -0.2) is 5.43 Å². The first-order valence-electron chi connectivity index (χ1n) is 9.27. The van der Waals surface area contributed by atoms with Crippen LogP contribution in [0.15, 0.2) is 47.6 Å². The van der Waals surface area contributed by atoms with E-state index >= 15 is 0 Å². The first-order valence-corrected chi connectivity index (χ1v) is 9.27. The second-order valence-corrected chi connectivity index (χ2v) is 6.83. The van der Waals surface area contributed by atoms with Gasteiger partial charge in [0.05, 0.1) is 36.6 Å². The molecule has 10 nitrogen and oxygen atoms in total. The molecule has 0 saturated carbocycles. The Balaban J connectivity index is 1.74. The lowest BCUT2D eigenvalue weighted by atomic mass is 10.1. The van der Waals surface area contributed by atoms with E-state index in [0.29, 0.717) is 12.1 Å². The molecule has 0 atom stereocenters. The first-order chi connectivity index (χ1) is 14.8. The highest BCUT2D eigenvalue weighted by atomic mass is 16.6. The summed E-state index contributed by atoms with van der Waals surface area (Å²) in [5.41, 5.74) is 5.32. The number of nitrogens with zero attached hydrogens (tertiary/aromatic N) is 4. The monoisotopic (exact) mass is 423 g/mol. The van der Waals surface area contributed by atoms with Gasteiger partial charge in [-0.15, -0.1) is 0 Å². The van der Waals surface area contributed by atoms with Crippen LogP contribution < -0.4 is 10.2 Å². The minimum absolute atomic E-state index is 0.0321. The van der Waals surface area contributed by atoms with Crippen LogP contribution in [-0.4, -0.2) is 39.0 Å². The standard InChI is InChI=1S/C21H21N5O5/c1-13-7-14(2)25(24-13)12-15-5-4-6-16(8-15)21(28)23-22-11-17-9-18(26(29)30)10-19(31-3)20(17)27/h4-11,27H,12H2,1-3H3,(H,23,28)/b22-11-. The Hall–Kier alpha value is -4.21. The van der Waals surface area contributed by atoms with Gasteiger partial charge in [-0.1, -0.05) is 12.1 Å². The van der Waals surface area contributed by atoms with Crippen LogP contribution in [0.25, 0.3) is 0 Å². The number of ether oxygens (including phenoxy) is 1. The van der Waals surface area contributed by atoms with Gasteiger partial charge in [-0.3, -0.25) is 19.6 Å². The highest BCUT2D eigenvalue weighted by Gasteiger charge is 2.16. The van der Waals surface area contributed by atoms with Crippen molar-refractivity contribution in [3.63, 3.8) is 0 Å². The van der Waals surface area contributed by atoms with E-state index in [1.807, 2.05) is 30.7 Å². The third-order valence-corrected chi connectivity index (χ3v) is 4.51. The van der Waals surface area contributed by atoms with E-state index in [1.54, 1.807) is 18.2 Å². The summed E-state index contributed by atoms with van der Waals surface area (Å²) in [5, 5.41) is 29.4. The molecule has 160 valence electrons. The smallest absolute Gasteiger partial charge is 0.274 e. The summed E-state index contributed by atoms with van der Waals surface area (Å²) in [5.74, 6) is -0.861. The zero-order valence-corrected chi connectivity index (χ0v) is 17.2. The molecule has 3 rings (SSSR count). The predicted molar refractivity (Wildman–Crippen MR) is 114 cm³/mol. The van der Waals surface area contributed by atoms with Crippen LogP contribution in [0.3, 0.4) is 0 Å². The maximum Gasteiger partial charge on any atom is 0.274 e. The number of nitro groups is 1. The number of aryl methyl sites for hydroxylation is 2. The second-order valence-electron chi connectivity index (χ2n) is 6.83. The minimum Gasteiger partial charge on any atom is -0.504 e. The number of hydrogen-bond acceptors (Lipinski definition) is 7. The van der Waals surface area contributed by atoms with E-state index in [0.717, 1.165) is 35.3 Å². The van der Waals surface area contributed by atoms with Crippen molar-refractivity contribution in [2.24, 2.45) is 5.10 Å². The van der Waals surface area contributed by atoms with Crippen molar-refractivity contribution < 1.29 is 19.6 Å². The van der Waals surface area contributed by atoms with Crippen molar-refractivity contribution in [2.75, 3.05) is 7.11 Å². The summed E-state index contributed by atoms with van der Waals surface area (Å²) >= 11 is 0. The number of carbonyl (C=O) groups excluding carboxylic acids is 1. The van der Waals surface area contributed by atoms with E-state index in [1.165, 1.54) is 7.11 Å². The van der Waals surface area contributed by atoms with Gasteiger partial charge in [0.1, 0.15) is 0 Å². The van der Waals surface area contributed by atoms with Crippen LogP contribution in [0.2, 0.25) is 0 Å². The molecule has 0 aliphatic carbocycles. The summed E-state index contributed by atoms with van der Waals surface area (Å²) in [6.07, 6.45) is 1.11. The van der Waals surface area contributed by atoms with Crippen molar-refractivity contribution in [3.8, 4) is 11.5 Å². The first kappa shape index (κ1) is 21.5. The van der Waals surface area contributed by atoms with Crippen molar-refractivity contribution in [3.05, 3.63) is 80.7 Å². The van der Waals surface area contributed by atoms with Gasteiger partial charge in [-0.2, -0.15) is 10.2 Å². The molecule has 1 amide bonds. The number of carbonyl (C=O) groups is 1. The third-order valence-electron chi connectivity index (χ3n) is 4.51. The van der Waals surface area contributed by atoms with Gasteiger partial charge < -0.3 is 9.84 Å².